The summed E-state index contributed by atoms with van der Waals surface area (Å²) in [4.78, 5) is 11.6. The van der Waals surface area contributed by atoms with Crippen molar-refractivity contribution in [2.75, 3.05) is 27.4 Å². The second-order valence-corrected chi connectivity index (χ2v) is 5.24. The number of carbonyl (C=O) groups excluding carboxylic acids is 1. The first kappa shape index (κ1) is 17.4. The lowest BCUT2D eigenvalue weighted by atomic mass is 9.95. The maximum absolute atomic E-state index is 13.4. The number of benzene rings is 1. The molecule has 0 unspecified atom stereocenters. The van der Waals surface area contributed by atoms with Crippen LogP contribution in [-0.2, 0) is 14.3 Å². The number of esters is 1. The van der Waals surface area contributed by atoms with Gasteiger partial charge in [0, 0.05) is 5.56 Å². The minimum absolute atomic E-state index is 0.0184. The Morgan fingerprint density at radius 3 is 2.57 bits per heavy atom. The van der Waals surface area contributed by atoms with Crippen LogP contribution in [0, 0.1) is 11.2 Å². The van der Waals surface area contributed by atoms with E-state index in [1.54, 1.807) is 13.8 Å². The van der Waals surface area contributed by atoms with Gasteiger partial charge in [0.05, 0.1) is 32.8 Å². The van der Waals surface area contributed by atoms with Gasteiger partial charge in [0.1, 0.15) is 17.7 Å². The Morgan fingerprint density at radius 2 is 2.05 bits per heavy atom. The molecule has 0 aliphatic heterocycles. The quantitative estimate of drug-likeness (QED) is 0.781. The van der Waals surface area contributed by atoms with Gasteiger partial charge in [0.15, 0.2) is 0 Å². The Morgan fingerprint density at radius 1 is 1.38 bits per heavy atom. The molecule has 0 aliphatic carbocycles. The summed E-state index contributed by atoms with van der Waals surface area (Å²) in [5, 5.41) is 9.46. The largest absolute Gasteiger partial charge is 0.496 e. The molecule has 1 aromatic carbocycles. The summed E-state index contributed by atoms with van der Waals surface area (Å²) in [6, 6.07) is 3.96. The lowest BCUT2D eigenvalue weighted by Gasteiger charge is -2.25. The molecule has 1 atom stereocenters. The number of hydrogen-bond donors (Lipinski definition) is 1. The molecule has 0 radical (unpaired) electrons. The average Bonchev–Trinajstić information content (AvgIpc) is 2.47. The van der Waals surface area contributed by atoms with Crippen molar-refractivity contribution in [2.24, 2.45) is 5.41 Å². The van der Waals surface area contributed by atoms with E-state index in [1.165, 1.54) is 32.4 Å². The van der Waals surface area contributed by atoms with Crippen molar-refractivity contribution in [3.05, 3.63) is 29.6 Å². The topological polar surface area (TPSA) is 65.0 Å². The Hall–Kier alpha value is -1.66. The zero-order valence-electron chi connectivity index (χ0n) is 12.7. The highest BCUT2D eigenvalue weighted by molar-refractivity contribution is 5.75. The molecular weight excluding hydrogens is 279 g/mol. The summed E-state index contributed by atoms with van der Waals surface area (Å²) < 4.78 is 28.8. The van der Waals surface area contributed by atoms with Gasteiger partial charge in [0.2, 0.25) is 0 Å². The first-order chi connectivity index (χ1) is 9.85. The molecule has 1 N–H and O–H groups in total. The van der Waals surface area contributed by atoms with Gasteiger partial charge in [-0.3, -0.25) is 4.79 Å². The number of methoxy groups -OCH3 is 2. The maximum Gasteiger partial charge on any atom is 0.313 e. The van der Waals surface area contributed by atoms with E-state index in [4.69, 9.17) is 9.47 Å². The van der Waals surface area contributed by atoms with Crippen LogP contribution in [0.3, 0.4) is 0 Å². The van der Waals surface area contributed by atoms with E-state index in [0.29, 0.717) is 11.3 Å². The highest BCUT2D eigenvalue weighted by Crippen LogP contribution is 2.30. The third-order valence-electron chi connectivity index (χ3n) is 3.09. The van der Waals surface area contributed by atoms with E-state index in [9.17, 15) is 14.3 Å². The van der Waals surface area contributed by atoms with Gasteiger partial charge in [-0.05, 0) is 32.0 Å². The van der Waals surface area contributed by atoms with Crippen molar-refractivity contribution in [3.8, 4) is 5.75 Å². The first-order valence-corrected chi connectivity index (χ1v) is 6.50. The highest BCUT2D eigenvalue weighted by Gasteiger charge is 2.31. The van der Waals surface area contributed by atoms with Crippen molar-refractivity contribution in [1.82, 2.24) is 0 Å². The molecule has 1 aromatic rings. The summed E-state index contributed by atoms with van der Waals surface area (Å²) in [6.07, 6.45) is -0.792. The van der Waals surface area contributed by atoms with Gasteiger partial charge >= 0.3 is 5.97 Å². The minimum Gasteiger partial charge on any atom is -0.496 e. The van der Waals surface area contributed by atoms with Crippen molar-refractivity contribution in [3.63, 3.8) is 0 Å². The van der Waals surface area contributed by atoms with Gasteiger partial charge in [-0.25, -0.2) is 4.39 Å². The molecular formula is C15H21FO5. The highest BCUT2D eigenvalue weighted by atomic mass is 19.1. The predicted octanol–water partition coefficient (Wildman–Crippen LogP) is 2.08. The fraction of sp³-hybridized carbons (Fsp3) is 0.533. The number of rotatable bonds is 7. The minimum atomic E-state index is -0.872. The summed E-state index contributed by atoms with van der Waals surface area (Å²) in [7, 11) is 2.74. The van der Waals surface area contributed by atoms with Crippen molar-refractivity contribution in [1.29, 1.82) is 0 Å². The molecule has 6 heteroatoms. The Bertz CT molecular complexity index is 487. The van der Waals surface area contributed by atoms with E-state index >= 15 is 0 Å². The van der Waals surface area contributed by atoms with Crippen LogP contribution >= 0.6 is 0 Å². The second kappa shape index (κ2) is 7.38. The van der Waals surface area contributed by atoms with Crippen LogP contribution in [0.5, 0.6) is 5.75 Å². The Labute approximate surface area is 123 Å². The number of hydrogen-bond acceptors (Lipinski definition) is 5. The van der Waals surface area contributed by atoms with Gasteiger partial charge in [0.25, 0.3) is 0 Å². The number of carbonyl (C=O) groups is 1. The van der Waals surface area contributed by atoms with E-state index < -0.39 is 23.3 Å². The molecule has 5 nitrogen and oxygen atoms in total. The van der Waals surface area contributed by atoms with E-state index in [2.05, 4.69) is 4.74 Å². The Kier molecular flexibility index (Phi) is 6.11. The fourth-order valence-electron chi connectivity index (χ4n) is 1.84. The van der Waals surface area contributed by atoms with Gasteiger partial charge < -0.3 is 19.3 Å². The number of aliphatic hydroxyl groups is 1. The van der Waals surface area contributed by atoms with Crippen LogP contribution in [0.4, 0.5) is 4.39 Å². The Balaban J connectivity index is 2.89. The molecule has 1 rings (SSSR count). The summed E-state index contributed by atoms with van der Waals surface area (Å²) in [6.45, 7) is 2.98. The third-order valence-corrected chi connectivity index (χ3v) is 3.09. The van der Waals surface area contributed by atoms with Gasteiger partial charge in [-0.2, -0.15) is 0 Å². The molecule has 0 aliphatic rings. The molecule has 118 valence electrons. The first-order valence-electron chi connectivity index (χ1n) is 6.50. The molecule has 0 heterocycles. The van der Waals surface area contributed by atoms with Crippen LogP contribution in [0.2, 0.25) is 0 Å². The standard InChI is InChI=1S/C15H21FO5/c1-15(2,14(18)20-4)9-21-13(8-17)11-7-10(16)5-6-12(11)19-3/h5-7,13,17H,8-9H2,1-4H3/t13-/m0/s1. The lowest BCUT2D eigenvalue weighted by molar-refractivity contribution is -0.156. The maximum atomic E-state index is 13.4. The summed E-state index contributed by atoms with van der Waals surface area (Å²) >= 11 is 0. The van der Waals surface area contributed by atoms with Gasteiger partial charge in [-0.15, -0.1) is 0 Å². The van der Waals surface area contributed by atoms with Gasteiger partial charge in [-0.1, -0.05) is 0 Å². The third kappa shape index (κ3) is 4.41. The smallest absolute Gasteiger partial charge is 0.313 e. The monoisotopic (exact) mass is 300 g/mol. The van der Waals surface area contributed by atoms with E-state index in [-0.39, 0.29) is 13.2 Å². The second-order valence-electron chi connectivity index (χ2n) is 5.24. The molecule has 0 fully saturated rings. The number of halogens is 1. The zero-order chi connectivity index (χ0) is 16.0. The number of aliphatic hydroxyl groups excluding tert-OH is 1. The van der Waals surface area contributed by atoms with Crippen molar-refractivity contribution >= 4 is 5.97 Å². The van der Waals surface area contributed by atoms with Crippen molar-refractivity contribution in [2.45, 2.75) is 20.0 Å². The summed E-state index contributed by atoms with van der Waals surface area (Å²) in [5.74, 6) is -0.475. The molecule has 0 saturated heterocycles. The molecule has 0 saturated carbocycles. The molecule has 0 bridgehead atoms. The fourth-order valence-corrected chi connectivity index (χ4v) is 1.84. The molecule has 0 spiro atoms. The van der Waals surface area contributed by atoms with Crippen LogP contribution in [0.15, 0.2) is 18.2 Å². The lowest BCUT2D eigenvalue weighted by Crippen LogP contribution is -2.32. The van der Waals surface area contributed by atoms with Crippen LogP contribution in [0.1, 0.15) is 25.5 Å². The van der Waals surface area contributed by atoms with Crippen LogP contribution < -0.4 is 4.74 Å². The van der Waals surface area contributed by atoms with E-state index in [0.717, 1.165) is 0 Å². The average molecular weight is 300 g/mol. The predicted molar refractivity (Wildman–Crippen MR) is 74.5 cm³/mol. The van der Waals surface area contributed by atoms with E-state index in [1.807, 2.05) is 0 Å². The molecule has 21 heavy (non-hydrogen) atoms. The van der Waals surface area contributed by atoms with Crippen molar-refractivity contribution < 1.29 is 28.5 Å². The molecule has 0 aromatic heterocycles. The summed E-state index contributed by atoms with van der Waals surface area (Å²) in [5.41, 5.74) is -0.483. The zero-order valence-corrected chi connectivity index (χ0v) is 12.7. The van der Waals surface area contributed by atoms with Crippen LogP contribution in [-0.4, -0.2) is 38.5 Å². The van der Waals surface area contributed by atoms with Crippen LogP contribution in [0.25, 0.3) is 0 Å². The SMILES string of the molecule is COC(=O)C(C)(C)CO[C@@H](CO)c1cc(F)ccc1OC. The molecule has 0 amide bonds. The number of ether oxygens (including phenoxy) is 3. The normalized spacial score (nSPS) is 12.9.